The fourth-order valence-corrected chi connectivity index (χ4v) is 6.04. The van der Waals surface area contributed by atoms with Crippen molar-refractivity contribution >= 4 is 5.97 Å². The van der Waals surface area contributed by atoms with E-state index in [1.165, 1.54) is 31.9 Å². The van der Waals surface area contributed by atoms with Crippen LogP contribution in [0.15, 0.2) is 30.4 Å². The van der Waals surface area contributed by atoms with Crippen molar-refractivity contribution in [3.8, 4) is 0 Å². The summed E-state index contributed by atoms with van der Waals surface area (Å²) in [6, 6.07) is 7.01. The molecular weight excluding hydrogens is 296 g/mol. The molecule has 2 fully saturated rings. The third-order valence-electron chi connectivity index (χ3n) is 7.40. The number of benzene rings is 1. The highest BCUT2D eigenvalue weighted by molar-refractivity contribution is 5.77. The largest absolute Gasteiger partial charge is 0.469 e. The van der Waals surface area contributed by atoms with E-state index in [0.29, 0.717) is 17.8 Å². The number of aryl methyl sites for hydroxylation is 2. The van der Waals surface area contributed by atoms with Crippen molar-refractivity contribution < 1.29 is 9.53 Å². The van der Waals surface area contributed by atoms with Gasteiger partial charge >= 0.3 is 5.97 Å². The van der Waals surface area contributed by atoms with Crippen LogP contribution in [-0.2, 0) is 16.0 Å². The molecule has 0 spiro atoms. The molecule has 2 heteroatoms. The third-order valence-corrected chi connectivity index (χ3v) is 7.40. The van der Waals surface area contributed by atoms with Crippen molar-refractivity contribution in [1.82, 2.24) is 0 Å². The van der Waals surface area contributed by atoms with E-state index in [1.54, 1.807) is 11.1 Å². The van der Waals surface area contributed by atoms with E-state index in [-0.39, 0.29) is 17.3 Å². The summed E-state index contributed by atoms with van der Waals surface area (Å²) in [5.41, 5.74) is 5.75. The molecule has 0 saturated heterocycles. The van der Waals surface area contributed by atoms with Crippen molar-refractivity contribution in [1.29, 1.82) is 0 Å². The maximum Gasteiger partial charge on any atom is 0.312 e. The molecule has 0 N–H and O–H groups in total. The van der Waals surface area contributed by atoms with E-state index >= 15 is 0 Å². The van der Waals surface area contributed by atoms with Crippen molar-refractivity contribution in [3.63, 3.8) is 0 Å². The maximum absolute atomic E-state index is 12.2. The Morgan fingerprint density at radius 3 is 2.88 bits per heavy atom. The summed E-state index contributed by atoms with van der Waals surface area (Å²) in [7, 11) is 1.50. The Labute approximate surface area is 145 Å². The van der Waals surface area contributed by atoms with Crippen molar-refractivity contribution in [3.05, 3.63) is 47.0 Å². The van der Waals surface area contributed by atoms with E-state index in [1.807, 2.05) is 0 Å². The monoisotopic (exact) mass is 324 g/mol. The molecule has 0 radical (unpaired) electrons. The lowest BCUT2D eigenvalue weighted by molar-refractivity contribution is -0.144. The SMILES string of the molecule is C=C1C(C(=O)OC)CC2C3CCc4cc(C)ccc4C3CC[C@]12C. The second-order valence-corrected chi connectivity index (χ2v) is 8.41. The summed E-state index contributed by atoms with van der Waals surface area (Å²) in [5.74, 6) is 1.74. The van der Waals surface area contributed by atoms with Crippen LogP contribution in [0.1, 0.15) is 55.2 Å². The van der Waals surface area contributed by atoms with Crippen LogP contribution < -0.4 is 0 Å². The average molecular weight is 324 g/mol. The molecule has 3 aliphatic rings. The van der Waals surface area contributed by atoms with E-state index in [2.05, 4.69) is 38.6 Å². The number of hydrogen-bond donors (Lipinski definition) is 0. The molecule has 0 heterocycles. The Balaban J connectivity index is 1.68. The van der Waals surface area contributed by atoms with E-state index < -0.39 is 0 Å². The van der Waals surface area contributed by atoms with Gasteiger partial charge in [-0.05, 0) is 73.3 Å². The number of hydrogen-bond acceptors (Lipinski definition) is 2. The van der Waals surface area contributed by atoms with Gasteiger partial charge in [-0.1, -0.05) is 42.8 Å². The van der Waals surface area contributed by atoms with Crippen LogP contribution in [0.4, 0.5) is 0 Å². The number of ether oxygens (including phenoxy) is 1. The average Bonchev–Trinajstić information content (AvgIpc) is 2.85. The number of carbonyl (C=O) groups excluding carboxylic acids is 1. The predicted octanol–water partition coefficient (Wildman–Crippen LogP) is 4.81. The molecular formula is C22H28O2. The molecule has 4 unspecified atom stereocenters. The quantitative estimate of drug-likeness (QED) is 0.547. The molecule has 24 heavy (non-hydrogen) atoms. The first kappa shape index (κ1) is 15.9. The van der Waals surface area contributed by atoms with Crippen LogP contribution in [0.3, 0.4) is 0 Å². The van der Waals surface area contributed by atoms with Crippen molar-refractivity contribution in [2.45, 2.75) is 51.9 Å². The molecule has 0 bridgehead atoms. The number of methoxy groups -OCH3 is 1. The fourth-order valence-electron chi connectivity index (χ4n) is 6.04. The first-order valence-corrected chi connectivity index (χ1v) is 9.32. The van der Waals surface area contributed by atoms with E-state index in [9.17, 15) is 4.79 Å². The maximum atomic E-state index is 12.2. The first-order chi connectivity index (χ1) is 11.5. The van der Waals surface area contributed by atoms with Gasteiger partial charge in [0.1, 0.15) is 0 Å². The predicted molar refractivity (Wildman–Crippen MR) is 95.8 cm³/mol. The highest BCUT2D eigenvalue weighted by Gasteiger charge is 2.56. The summed E-state index contributed by atoms with van der Waals surface area (Å²) < 4.78 is 5.06. The topological polar surface area (TPSA) is 26.3 Å². The number of carbonyl (C=O) groups is 1. The van der Waals surface area contributed by atoms with Gasteiger partial charge in [0.15, 0.2) is 0 Å². The Morgan fingerprint density at radius 1 is 1.33 bits per heavy atom. The normalized spacial score (nSPS) is 37.4. The van der Waals surface area contributed by atoms with E-state index in [0.717, 1.165) is 18.4 Å². The standard InChI is InChI=1S/C22H28O2/c1-13-5-7-16-15(11-13)6-8-18-17(16)9-10-22(3)14(2)19(12-20(18)22)21(23)24-4/h5,7,11,17-20H,2,6,8-10,12H2,1,3-4H3/t17?,18?,19?,20?,22-/m1/s1. The Bertz CT molecular complexity index is 704. The van der Waals surface area contributed by atoms with Crippen LogP contribution in [0.5, 0.6) is 0 Å². The lowest BCUT2D eigenvalue weighted by Gasteiger charge is -2.49. The number of esters is 1. The van der Waals surface area contributed by atoms with Gasteiger partial charge in [0.05, 0.1) is 13.0 Å². The minimum Gasteiger partial charge on any atom is -0.469 e. The summed E-state index contributed by atoms with van der Waals surface area (Å²) in [6.45, 7) is 8.89. The first-order valence-electron chi connectivity index (χ1n) is 9.32. The molecule has 5 atom stereocenters. The molecule has 3 aliphatic carbocycles. The number of rotatable bonds is 1. The van der Waals surface area contributed by atoms with Crippen LogP contribution >= 0.6 is 0 Å². The summed E-state index contributed by atoms with van der Waals surface area (Å²) in [5, 5.41) is 0. The van der Waals surface area contributed by atoms with Crippen LogP contribution in [-0.4, -0.2) is 13.1 Å². The second-order valence-electron chi connectivity index (χ2n) is 8.41. The summed E-state index contributed by atoms with van der Waals surface area (Å²) >= 11 is 0. The van der Waals surface area contributed by atoms with Crippen molar-refractivity contribution in [2.24, 2.45) is 23.2 Å². The smallest absolute Gasteiger partial charge is 0.312 e. The molecule has 128 valence electrons. The molecule has 1 aromatic carbocycles. The van der Waals surface area contributed by atoms with Crippen LogP contribution in [0.2, 0.25) is 0 Å². The summed E-state index contributed by atoms with van der Waals surface area (Å²) in [6.07, 6.45) is 5.74. The van der Waals surface area contributed by atoms with Gasteiger partial charge in [-0.15, -0.1) is 0 Å². The molecule has 2 saturated carbocycles. The Morgan fingerprint density at radius 2 is 2.12 bits per heavy atom. The van der Waals surface area contributed by atoms with Crippen LogP contribution in [0, 0.1) is 30.1 Å². The molecule has 2 nitrogen and oxygen atoms in total. The van der Waals surface area contributed by atoms with Gasteiger partial charge in [0.2, 0.25) is 0 Å². The molecule has 1 aromatic rings. The minimum absolute atomic E-state index is 0.0843. The summed E-state index contributed by atoms with van der Waals surface area (Å²) in [4.78, 5) is 12.2. The number of fused-ring (bicyclic) bond motifs is 5. The molecule has 0 aliphatic heterocycles. The highest BCUT2D eigenvalue weighted by atomic mass is 16.5. The lowest BCUT2D eigenvalue weighted by atomic mass is 9.55. The lowest BCUT2D eigenvalue weighted by Crippen LogP contribution is -2.40. The molecule has 4 rings (SSSR count). The van der Waals surface area contributed by atoms with Gasteiger partial charge in [-0.3, -0.25) is 4.79 Å². The Kier molecular flexibility index (Phi) is 3.63. The highest BCUT2D eigenvalue weighted by Crippen LogP contribution is 2.64. The van der Waals surface area contributed by atoms with Crippen molar-refractivity contribution in [2.75, 3.05) is 7.11 Å². The van der Waals surface area contributed by atoms with Gasteiger partial charge in [0.25, 0.3) is 0 Å². The zero-order valence-corrected chi connectivity index (χ0v) is 15.1. The molecule has 0 aromatic heterocycles. The minimum atomic E-state index is -0.0943. The molecule has 0 amide bonds. The fraction of sp³-hybridized carbons (Fsp3) is 0.591. The van der Waals surface area contributed by atoms with Gasteiger partial charge in [-0.2, -0.15) is 0 Å². The van der Waals surface area contributed by atoms with Gasteiger partial charge in [-0.25, -0.2) is 0 Å². The Hall–Kier alpha value is -1.57. The van der Waals surface area contributed by atoms with E-state index in [4.69, 9.17) is 4.74 Å². The zero-order valence-electron chi connectivity index (χ0n) is 15.1. The second kappa shape index (κ2) is 5.47. The zero-order chi connectivity index (χ0) is 17.1. The third kappa shape index (κ3) is 2.11. The van der Waals surface area contributed by atoms with Gasteiger partial charge < -0.3 is 4.74 Å². The van der Waals surface area contributed by atoms with Crippen LogP contribution in [0.25, 0.3) is 0 Å². The van der Waals surface area contributed by atoms with Gasteiger partial charge in [0, 0.05) is 0 Å².